The van der Waals surface area contributed by atoms with Crippen molar-refractivity contribution in [3.8, 4) is 33.5 Å². The van der Waals surface area contributed by atoms with Crippen LogP contribution in [-0.2, 0) is 0 Å². The van der Waals surface area contributed by atoms with E-state index in [4.69, 9.17) is 0 Å². The maximum Gasteiger partial charge on any atom is 0.116 e. The van der Waals surface area contributed by atoms with Gasteiger partial charge in [0.1, 0.15) is 6.33 Å². The summed E-state index contributed by atoms with van der Waals surface area (Å²) < 4.78 is 0. The lowest BCUT2D eigenvalue weighted by Crippen LogP contribution is -1.89. The minimum Gasteiger partial charge on any atom is -0.245 e. The van der Waals surface area contributed by atoms with E-state index in [9.17, 15) is 0 Å². The Morgan fingerprint density at radius 1 is 0.640 bits per heavy atom. The standard InChI is InChI=1S/C23H18N2/c1-17-6-5-9-21(23(17)20-7-3-2-4-8-20)18-10-12-19(13-11-18)22-14-15-24-16-25-22/h2-16H,1H3. The van der Waals surface area contributed by atoms with Crippen LogP contribution in [-0.4, -0.2) is 9.97 Å². The summed E-state index contributed by atoms with van der Waals surface area (Å²) in [7, 11) is 0. The molecule has 0 fully saturated rings. The highest BCUT2D eigenvalue weighted by Gasteiger charge is 2.10. The third kappa shape index (κ3) is 3.07. The van der Waals surface area contributed by atoms with Gasteiger partial charge in [-0.25, -0.2) is 9.97 Å². The highest BCUT2D eigenvalue weighted by Crippen LogP contribution is 2.35. The molecule has 0 saturated carbocycles. The largest absolute Gasteiger partial charge is 0.245 e. The van der Waals surface area contributed by atoms with Crippen LogP contribution >= 0.6 is 0 Å². The van der Waals surface area contributed by atoms with E-state index in [1.165, 1.54) is 27.8 Å². The van der Waals surface area contributed by atoms with Crippen LogP contribution < -0.4 is 0 Å². The molecular formula is C23H18N2. The predicted octanol–water partition coefficient (Wildman–Crippen LogP) is 5.79. The van der Waals surface area contributed by atoms with Gasteiger partial charge in [-0.2, -0.15) is 0 Å². The zero-order chi connectivity index (χ0) is 17.1. The molecule has 4 aromatic rings. The summed E-state index contributed by atoms with van der Waals surface area (Å²) in [4.78, 5) is 8.30. The van der Waals surface area contributed by atoms with Crippen molar-refractivity contribution in [1.82, 2.24) is 9.97 Å². The van der Waals surface area contributed by atoms with Gasteiger partial charge in [0.25, 0.3) is 0 Å². The van der Waals surface area contributed by atoms with Crippen LogP contribution in [0.4, 0.5) is 0 Å². The summed E-state index contributed by atoms with van der Waals surface area (Å²) >= 11 is 0. The maximum absolute atomic E-state index is 4.32. The summed E-state index contributed by atoms with van der Waals surface area (Å²) in [5.41, 5.74) is 8.31. The summed E-state index contributed by atoms with van der Waals surface area (Å²) in [6.07, 6.45) is 3.35. The summed E-state index contributed by atoms with van der Waals surface area (Å²) in [6, 6.07) is 27.5. The molecule has 2 heteroatoms. The first-order chi connectivity index (χ1) is 12.3. The second-order valence-corrected chi connectivity index (χ2v) is 6.04. The number of hydrogen-bond acceptors (Lipinski definition) is 2. The highest BCUT2D eigenvalue weighted by molar-refractivity contribution is 5.86. The number of nitrogens with zero attached hydrogens (tertiary/aromatic N) is 2. The van der Waals surface area contributed by atoms with E-state index >= 15 is 0 Å². The van der Waals surface area contributed by atoms with E-state index in [0.29, 0.717) is 0 Å². The van der Waals surface area contributed by atoms with Crippen LogP contribution in [0.1, 0.15) is 5.56 Å². The maximum atomic E-state index is 4.32. The van der Waals surface area contributed by atoms with Crippen molar-refractivity contribution >= 4 is 0 Å². The van der Waals surface area contributed by atoms with Gasteiger partial charge in [-0.3, -0.25) is 0 Å². The van der Waals surface area contributed by atoms with Crippen molar-refractivity contribution in [2.24, 2.45) is 0 Å². The third-order valence-corrected chi connectivity index (χ3v) is 4.41. The van der Waals surface area contributed by atoms with Crippen LogP contribution in [0.5, 0.6) is 0 Å². The Labute approximate surface area is 147 Å². The molecule has 0 saturated heterocycles. The molecule has 0 aliphatic rings. The molecule has 0 radical (unpaired) electrons. The van der Waals surface area contributed by atoms with Gasteiger partial charge in [0.05, 0.1) is 5.69 Å². The molecule has 0 N–H and O–H groups in total. The average Bonchev–Trinajstić information content (AvgIpc) is 2.69. The molecule has 1 heterocycles. The van der Waals surface area contributed by atoms with Gasteiger partial charge in [-0.1, -0.05) is 72.8 Å². The molecule has 25 heavy (non-hydrogen) atoms. The molecular weight excluding hydrogens is 304 g/mol. The molecule has 3 aromatic carbocycles. The van der Waals surface area contributed by atoms with Gasteiger partial charge in [-0.05, 0) is 40.8 Å². The summed E-state index contributed by atoms with van der Waals surface area (Å²) in [5, 5.41) is 0. The lowest BCUT2D eigenvalue weighted by Gasteiger charge is -2.14. The van der Waals surface area contributed by atoms with E-state index in [1.807, 2.05) is 6.07 Å². The molecule has 120 valence electrons. The number of hydrogen-bond donors (Lipinski definition) is 0. The molecule has 0 amide bonds. The first kappa shape index (κ1) is 15.3. The number of aromatic nitrogens is 2. The Balaban J connectivity index is 1.80. The molecule has 0 aliphatic heterocycles. The topological polar surface area (TPSA) is 25.8 Å². The van der Waals surface area contributed by atoms with Crippen LogP contribution in [0, 0.1) is 6.92 Å². The van der Waals surface area contributed by atoms with E-state index in [-0.39, 0.29) is 0 Å². The van der Waals surface area contributed by atoms with Crippen molar-refractivity contribution in [2.45, 2.75) is 6.92 Å². The van der Waals surface area contributed by atoms with Crippen molar-refractivity contribution in [1.29, 1.82) is 0 Å². The van der Waals surface area contributed by atoms with Gasteiger partial charge in [-0.15, -0.1) is 0 Å². The smallest absolute Gasteiger partial charge is 0.116 e. The molecule has 0 aliphatic carbocycles. The Morgan fingerprint density at radius 2 is 1.40 bits per heavy atom. The van der Waals surface area contributed by atoms with Crippen molar-refractivity contribution < 1.29 is 0 Å². The minimum absolute atomic E-state index is 0.939. The van der Waals surface area contributed by atoms with E-state index in [1.54, 1.807) is 12.5 Å². The zero-order valence-electron chi connectivity index (χ0n) is 14.1. The Bertz CT molecular complexity index is 975. The second-order valence-electron chi connectivity index (χ2n) is 6.04. The zero-order valence-corrected chi connectivity index (χ0v) is 14.1. The Kier molecular flexibility index (Phi) is 4.09. The van der Waals surface area contributed by atoms with E-state index in [0.717, 1.165) is 11.3 Å². The van der Waals surface area contributed by atoms with Crippen LogP contribution in [0.2, 0.25) is 0 Å². The van der Waals surface area contributed by atoms with E-state index in [2.05, 4.69) is 89.7 Å². The quantitative estimate of drug-likeness (QED) is 0.477. The predicted molar refractivity (Wildman–Crippen MR) is 103 cm³/mol. The van der Waals surface area contributed by atoms with Crippen molar-refractivity contribution in [3.05, 3.63) is 97.0 Å². The molecule has 4 rings (SSSR count). The van der Waals surface area contributed by atoms with Crippen LogP contribution in [0.25, 0.3) is 33.5 Å². The van der Waals surface area contributed by atoms with Gasteiger partial charge in [0.15, 0.2) is 0 Å². The van der Waals surface area contributed by atoms with Gasteiger partial charge in [0, 0.05) is 11.8 Å². The molecule has 0 bridgehead atoms. The second kappa shape index (κ2) is 6.70. The van der Waals surface area contributed by atoms with Crippen LogP contribution in [0.3, 0.4) is 0 Å². The molecule has 0 unspecified atom stereocenters. The first-order valence-corrected chi connectivity index (χ1v) is 8.35. The Morgan fingerprint density at radius 3 is 2.12 bits per heavy atom. The summed E-state index contributed by atoms with van der Waals surface area (Å²) in [5.74, 6) is 0. The first-order valence-electron chi connectivity index (χ1n) is 8.35. The van der Waals surface area contributed by atoms with Crippen molar-refractivity contribution in [3.63, 3.8) is 0 Å². The van der Waals surface area contributed by atoms with Gasteiger partial charge in [0.2, 0.25) is 0 Å². The Hall–Kier alpha value is -3.26. The number of benzene rings is 3. The molecule has 1 aromatic heterocycles. The van der Waals surface area contributed by atoms with Crippen LogP contribution in [0.15, 0.2) is 91.4 Å². The van der Waals surface area contributed by atoms with Crippen molar-refractivity contribution in [2.75, 3.05) is 0 Å². The minimum atomic E-state index is 0.939. The number of aryl methyl sites for hydroxylation is 1. The molecule has 2 nitrogen and oxygen atoms in total. The SMILES string of the molecule is Cc1cccc(-c2ccc(-c3ccncn3)cc2)c1-c1ccccc1. The fourth-order valence-corrected chi connectivity index (χ4v) is 3.18. The average molecular weight is 322 g/mol. The molecule has 0 spiro atoms. The lowest BCUT2D eigenvalue weighted by atomic mass is 9.90. The molecule has 0 atom stereocenters. The lowest BCUT2D eigenvalue weighted by molar-refractivity contribution is 1.17. The van der Waals surface area contributed by atoms with Gasteiger partial charge >= 0.3 is 0 Å². The fourth-order valence-electron chi connectivity index (χ4n) is 3.18. The monoisotopic (exact) mass is 322 g/mol. The third-order valence-electron chi connectivity index (χ3n) is 4.41. The normalized spacial score (nSPS) is 10.6. The fraction of sp³-hybridized carbons (Fsp3) is 0.0435. The highest BCUT2D eigenvalue weighted by atomic mass is 14.8. The number of rotatable bonds is 3. The van der Waals surface area contributed by atoms with Gasteiger partial charge < -0.3 is 0 Å². The van der Waals surface area contributed by atoms with E-state index < -0.39 is 0 Å². The summed E-state index contributed by atoms with van der Waals surface area (Å²) in [6.45, 7) is 2.17.